The summed E-state index contributed by atoms with van der Waals surface area (Å²) in [6.45, 7) is 9.93. The molecule has 104 heavy (non-hydrogen) atoms. The molecule has 0 aromatic carbocycles. The first kappa shape index (κ1) is 110. The fourth-order valence-electron chi connectivity index (χ4n) is 13.0. The van der Waals surface area contributed by atoms with Crippen LogP contribution in [0.5, 0.6) is 0 Å². The maximum atomic E-state index is 14.8. The monoisotopic (exact) mass is 2010 g/mol. The minimum Gasteiger partial charge on any atom is -0.462 e. The number of phosphoric ester groups is 1. The van der Waals surface area contributed by atoms with Gasteiger partial charge >= 0.3 is 25.7 Å². The molecule has 0 bridgehead atoms. The maximum absolute atomic E-state index is 14.8. The van der Waals surface area contributed by atoms with Gasteiger partial charge in [-0.05, 0) is 71.1 Å². The van der Waals surface area contributed by atoms with Crippen LogP contribution in [-0.2, 0) is 139 Å². The van der Waals surface area contributed by atoms with Crippen LogP contribution in [-0.4, -0.2) is 163 Å². The van der Waals surface area contributed by atoms with Gasteiger partial charge in [0.2, 0.25) is 11.8 Å². The number of hydrogen-bond acceptors (Lipinski definition) is 19. The second kappa shape index (κ2) is 68.6. The fraction of sp³-hybridized carbons (Fsp3) is 0.895. The van der Waals surface area contributed by atoms with Crippen LogP contribution in [0.3, 0.4) is 0 Å². The quantitative estimate of drug-likeness (QED) is 0.00682. The van der Waals surface area contributed by atoms with E-state index in [1.165, 1.54) is 45.4 Å². The van der Waals surface area contributed by atoms with E-state index in [0.717, 1.165) is 167 Å². The van der Waals surface area contributed by atoms with Crippen molar-refractivity contribution in [1.29, 1.82) is 0 Å². The van der Waals surface area contributed by atoms with Crippen LogP contribution in [0.1, 0.15) is 344 Å². The van der Waals surface area contributed by atoms with Gasteiger partial charge in [0.05, 0.1) is 51.1 Å². The zero-order chi connectivity index (χ0) is 73.1. The van der Waals surface area contributed by atoms with E-state index in [-0.39, 0.29) is 142 Å². The summed E-state index contributed by atoms with van der Waals surface area (Å²) in [5.41, 5.74) is -2.46. The molecular formula is C76H141N2O21PUVWY. The van der Waals surface area contributed by atoms with Crippen molar-refractivity contribution in [2.75, 3.05) is 13.2 Å². The second-order valence-electron chi connectivity index (χ2n) is 28.2. The molecule has 2 amide bonds. The summed E-state index contributed by atoms with van der Waals surface area (Å²) in [7, 11) is -5.59. The van der Waals surface area contributed by atoms with Crippen LogP contribution in [0.4, 0.5) is 0 Å². The average Bonchev–Trinajstić information content (AvgIpc) is 0.748. The van der Waals surface area contributed by atoms with Gasteiger partial charge in [-0.15, -0.1) is 0 Å². The van der Waals surface area contributed by atoms with Crippen molar-refractivity contribution in [3.63, 3.8) is 0 Å². The predicted octanol–water partition coefficient (Wildman–Crippen LogP) is 13.9. The number of aliphatic hydroxyl groups excluding tert-OH is 5. The van der Waals surface area contributed by atoms with Crippen molar-refractivity contribution in [3.8, 4) is 0 Å². The third-order valence-electron chi connectivity index (χ3n) is 18.9. The molecule has 2 heterocycles. The number of hydrogen-bond donors (Lipinski definition) is 9. The number of carbonyl (C=O) groups is 6. The summed E-state index contributed by atoms with van der Waals surface area (Å²) in [5.74, 6) is -4.65. The summed E-state index contributed by atoms with van der Waals surface area (Å²) >= 11 is 0. The third-order valence-corrected chi connectivity index (χ3v) is 19.4. The van der Waals surface area contributed by atoms with Gasteiger partial charge in [-0.2, -0.15) is 0 Å². The van der Waals surface area contributed by atoms with Crippen molar-refractivity contribution >= 4 is 43.3 Å². The number of ketones is 1. The van der Waals surface area contributed by atoms with Crippen molar-refractivity contribution in [2.45, 2.75) is 423 Å². The van der Waals surface area contributed by atoms with Gasteiger partial charge < -0.3 is 74.4 Å². The van der Waals surface area contributed by atoms with Crippen LogP contribution < -0.4 is 10.6 Å². The molecule has 2 fully saturated rings. The maximum Gasteiger partial charge on any atom is 0.470 e. The van der Waals surface area contributed by atoms with Crippen LogP contribution in [0.25, 0.3) is 0 Å². The molecule has 2 rings (SSSR count). The van der Waals surface area contributed by atoms with Crippen molar-refractivity contribution < 1.29 is 205 Å². The van der Waals surface area contributed by atoms with E-state index in [1.807, 2.05) is 0 Å². The molecule has 2 aliphatic rings. The predicted molar refractivity (Wildman–Crippen MR) is 387 cm³/mol. The van der Waals surface area contributed by atoms with E-state index in [9.17, 15) is 68.7 Å². The van der Waals surface area contributed by atoms with Crippen LogP contribution in [0.15, 0.2) is 12.2 Å². The number of rotatable bonds is 62. The van der Waals surface area contributed by atoms with Gasteiger partial charge in [0, 0.05) is 116 Å². The van der Waals surface area contributed by atoms with E-state index in [4.69, 9.17) is 32.9 Å². The standard InChI is InChI=1S/C75H137N2O21P.CH4.U.V.W.Y/c1-7-12-17-22-25-28-29-32-35-40-45-50-65(84)93-60(49-44-39-34-31-27-24-19-14-9-3)54-64(83)77-71-74(95-61(55-78)72(98-99(89,90)91)75(71,6)97-67(86)53-59(81)48-42-37-21-16-11-5)92-56-62-69(87)70(96-66(85)52-58(80)47-41-36-20-15-10-4)68(73(88)94-62)76-63(82)51-57(79)46-43-38-33-30-26-23-18-13-8-2;;;;;/h28-29,58-62,68-74,78,80-81,87-88H,7-27,30-56H2,1-6H3,(H,76,82)(H,77,83)(H2,89,90,91);1H4;;;;/b29-28+;;;;;. The molecule has 0 aromatic rings. The number of allylic oxidation sites excluding steroid dienone is 2. The first-order valence-corrected chi connectivity index (χ1v) is 40.4. The van der Waals surface area contributed by atoms with E-state index < -0.39 is 156 Å². The number of unbranched alkanes of at least 4 members (excludes halogenated alkanes) is 31. The Labute approximate surface area is 701 Å². The Hall–Kier alpha value is -0.0214. The molecule has 2 aliphatic heterocycles. The second-order valence-corrected chi connectivity index (χ2v) is 29.3. The van der Waals surface area contributed by atoms with Crippen molar-refractivity contribution in [2.24, 2.45) is 0 Å². The number of ether oxygens (including phenoxy) is 6. The third kappa shape index (κ3) is 51.6. The first-order chi connectivity index (χ1) is 47.5. The largest absolute Gasteiger partial charge is 0.470 e. The van der Waals surface area contributed by atoms with Crippen molar-refractivity contribution in [1.82, 2.24) is 10.6 Å². The normalized spacial score (nSPS) is 21.7. The zero-order valence-electron chi connectivity index (χ0n) is 63.8. The molecule has 0 spiro atoms. The SMILES string of the molecule is C.CCCCCC/C=C/CCCCCC(=O)OC(CCCCCCCCCCC)CC(=O)NC1C(OCC2OC(O)C(NC(=O)CC(=O)CCCCCCCCCCC)C(OC(=O)CC(O)CCCCCCC)C2O)OC(CO)C(OP(=O)(O)O)C1(C)OC(=O)CC(O)CCCCCCC.[U].[V].[W].[Y]. The van der Waals surface area contributed by atoms with Gasteiger partial charge in [-0.3, -0.25) is 33.3 Å². The van der Waals surface area contributed by atoms with E-state index in [1.54, 1.807) is 0 Å². The molecule has 2 saturated heterocycles. The minimum atomic E-state index is -5.59. The Balaban J connectivity index is -0.00001000. The molecule has 604 valence electrons. The van der Waals surface area contributed by atoms with Crippen molar-refractivity contribution in [3.05, 3.63) is 12.2 Å². The molecule has 2 radical (unpaired) electrons. The van der Waals surface area contributed by atoms with Gasteiger partial charge in [0.25, 0.3) is 0 Å². The van der Waals surface area contributed by atoms with Gasteiger partial charge in [-0.25, -0.2) is 4.57 Å². The molecule has 0 saturated carbocycles. The smallest absolute Gasteiger partial charge is 0.462 e. The summed E-state index contributed by atoms with van der Waals surface area (Å²) in [6, 6.07) is -3.53. The molecule has 9 N–H and O–H groups in total. The number of Topliss-reactive ketones (excluding diaryl/α,β-unsaturated/α-hetero) is 1. The Kier molecular flexibility index (Phi) is 72.7. The number of carbonyl (C=O) groups excluding carboxylic acids is 6. The Morgan fingerprint density at radius 2 is 0.990 bits per heavy atom. The zero-order valence-corrected chi connectivity index (χ0v) is 76.0. The number of esters is 3. The number of aliphatic hydroxyl groups is 5. The summed E-state index contributed by atoms with van der Waals surface area (Å²) in [6.07, 6.45) is 22.2. The van der Waals surface area contributed by atoms with Gasteiger partial charge in [0.1, 0.15) is 48.4 Å². The van der Waals surface area contributed by atoms with E-state index >= 15 is 0 Å². The summed E-state index contributed by atoms with van der Waals surface area (Å²) in [4.78, 5) is 104. The number of phosphoric acid groups is 1. The topological polar surface area (TPSA) is 350 Å². The Morgan fingerprint density at radius 3 is 1.47 bits per heavy atom. The van der Waals surface area contributed by atoms with Gasteiger partial charge in [-0.1, -0.05) is 247 Å². The first-order valence-electron chi connectivity index (χ1n) is 38.9. The van der Waals surface area contributed by atoms with E-state index in [0.29, 0.717) is 38.5 Å². The molecule has 13 atom stereocenters. The number of amides is 2. The van der Waals surface area contributed by atoms with Crippen LogP contribution in [0.2, 0.25) is 0 Å². The minimum absolute atomic E-state index is 0. The molecule has 13 unspecified atom stereocenters. The molecular weight excluding hydrogens is 1870 g/mol. The number of nitrogens with one attached hydrogen (secondary N) is 2. The Morgan fingerprint density at radius 1 is 0.558 bits per heavy atom. The van der Waals surface area contributed by atoms with Crippen LogP contribution >= 0.6 is 7.82 Å². The molecule has 28 heteroatoms. The molecule has 0 aromatic heterocycles. The Bertz CT molecular complexity index is 2260. The molecule has 0 aliphatic carbocycles. The van der Waals surface area contributed by atoms with E-state index in [2.05, 4.69) is 57.4 Å². The summed E-state index contributed by atoms with van der Waals surface area (Å²) < 4.78 is 54.6. The van der Waals surface area contributed by atoms with Gasteiger partial charge in [0.15, 0.2) is 24.3 Å². The van der Waals surface area contributed by atoms with Crippen LogP contribution in [0, 0.1) is 31.1 Å². The fourth-order valence-corrected chi connectivity index (χ4v) is 13.6. The molecule has 23 nitrogen and oxygen atoms in total. The summed E-state index contributed by atoms with van der Waals surface area (Å²) in [5, 5.41) is 62.1. The average molecular weight is 2010 g/mol.